The third kappa shape index (κ3) is 13.4. The number of rotatable bonds is 8. The standard InChI is InChI=1S/C10H20N2O3.ClH/c1-12(2,3)6-4-5-11-8-9(13)7-10(14)15;/h11H,4-8H2,1-3H3;1H. The first-order valence-corrected chi connectivity index (χ1v) is 5.06. The van der Waals surface area contributed by atoms with Gasteiger partial charge in [0, 0.05) is 13.0 Å². The number of nitrogens with zero attached hydrogens (tertiary/aromatic N) is 1. The third-order valence-electron chi connectivity index (χ3n) is 1.85. The van der Waals surface area contributed by atoms with Crippen molar-refractivity contribution >= 4 is 11.8 Å². The van der Waals surface area contributed by atoms with Crippen LogP contribution in [0.5, 0.6) is 0 Å². The molecule has 0 saturated heterocycles. The molecular formula is C10H21ClN2O3. The Morgan fingerprint density at radius 3 is 2.25 bits per heavy atom. The molecule has 16 heavy (non-hydrogen) atoms. The molecular weight excluding hydrogens is 232 g/mol. The van der Waals surface area contributed by atoms with E-state index in [0.717, 1.165) is 24.0 Å². The normalized spacial score (nSPS) is 10.7. The van der Waals surface area contributed by atoms with Crippen molar-refractivity contribution < 1.29 is 31.6 Å². The number of carboxylic acid groups (broad SMARTS) is 1. The topological polar surface area (TPSA) is 66.4 Å². The molecule has 0 saturated carbocycles. The van der Waals surface area contributed by atoms with Gasteiger partial charge in [-0.05, 0) is 0 Å². The molecule has 0 heterocycles. The van der Waals surface area contributed by atoms with E-state index in [9.17, 15) is 9.59 Å². The van der Waals surface area contributed by atoms with Crippen molar-refractivity contribution in [3.05, 3.63) is 0 Å². The molecule has 0 aromatic carbocycles. The van der Waals surface area contributed by atoms with Crippen molar-refractivity contribution in [3.8, 4) is 0 Å². The zero-order valence-corrected chi connectivity index (χ0v) is 10.9. The highest BCUT2D eigenvalue weighted by Gasteiger charge is 2.08. The van der Waals surface area contributed by atoms with E-state index in [-0.39, 0.29) is 31.2 Å². The number of Topliss-reactive ketones (excluding diaryl/α,β-unsaturated/α-hetero) is 1. The summed E-state index contributed by atoms with van der Waals surface area (Å²) < 4.78 is 0.894. The van der Waals surface area contributed by atoms with Crippen LogP contribution in [-0.2, 0) is 9.59 Å². The summed E-state index contributed by atoms with van der Waals surface area (Å²) in [5.41, 5.74) is 0. The van der Waals surface area contributed by atoms with Gasteiger partial charge in [-0.15, -0.1) is 0 Å². The average Bonchev–Trinajstić information content (AvgIpc) is 1.99. The molecule has 2 N–H and O–H groups in total. The van der Waals surface area contributed by atoms with Gasteiger partial charge in [-0.3, -0.25) is 9.59 Å². The smallest absolute Gasteiger partial charge is 0.310 e. The highest BCUT2D eigenvalue weighted by atomic mass is 35.5. The number of halogens is 1. The maximum Gasteiger partial charge on any atom is 0.310 e. The molecule has 0 aliphatic carbocycles. The highest BCUT2D eigenvalue weighted by molar-refractivity contribution is 5.95. The number of hydrogen-bond donors (Lipinski definition) is 2. The minimum absolute atomic E-state index is 0. The van der Waals surface area contributed by atoms with Gasteiger partial charge in [0.15, 0.2) is 5.78 Å². The Balaban J connectivity index is 0. The van der Waals surface area contributed by atoms with E-state index in [2.05, 4.69) is 26.5 Å². The number of quaternary nitrogens is 1. The van der Waals surface area contributed by atoms with Crippen LogP contribution in [0.15, 0.2) is 0 Å². The molecule has 0 atom stereocenters. The largest absolute Gasteiger partial charge is 1.00 e. The van der Waals surface area contributed by atoms with E-state index in [1.165, 1.54) is 0 Å². The Kier molecular flexibility index (Phi) is 9.42. The van der Waals surface area contributed by atoms with Crippen molar-refractivity contribution in [2.24, 2.45) is 0 Å². The fraction of sp³-hybridized carbons (Fsp3) is 0.800. The summed E-state index contributed by atoms with van der Waals surface area (Å²) in [5, 5.41) is 11.3. The average molecular weight is 253 g/mol. The fourth-order valence-electron chi connectivity index (χ4n) is 1.14. The first-order chi connectivity index (χ1) is 6.81. The van der Waals surface area contributed by atoms with Gasteiger partial charge >= 0.3 is 5.97 Å². The maximum absolute atomic E-state index is 11.0. The Bertz CT molecular complexity index is 227. The SMILES string of the molecule is C[N+](C)(C)CCCNCC(=O)CC(=O)O.[Cl-]. The monoisotopic (exact) mass is 252 g/mol. The van der Waals surface area contributed by atoms with E-state index in [1.54, 1.807) is 0 Å². The van der Waals surface area contributed by atoms with Crippen LogP contribution >= 0.6 is 0 Å². The lowest BCUT2D eigenvalue weighted by Crippen LogP contribution is -3.00. The van der Waals surface area contributed by atoms with Crippen LogP contribution in [0.4, 0.5) is 0 Å². The molecule has 0 aliphatic heterocycles. The van der Waals surface area contributed by atoms with Crippen LogP contribution in [0.25, 0.3) is 0 Å². The van der Waals surface area contributed by atoms with Gasteiger partial charge in [-0.25, -0.2) is 0 Å². The lowest BCUT2D eigenvalue weighted by molar-refractivity contribution is -0.870. The summed E-state index contributed by atoms with van der Waals surface area (Å²) in [4.78, 5) is 21.1. The van der Waals surface area contributed by atoms with E-state index in [0.29, 0.717) is 0 Å². The predicted octanol–water partition coefficient (Wildman–Crippen LogP) is -3.28. The number of hydrogen-bond acceptors (Lipinski definition) is 3. The number of carbonyl (C=O) groups is 2. The lowest BCUT2D eigenvalue weighted by atomic mass is 10.3. The minimum atomic E-state index is -1.06. The van der Waals surface area contributed by atoms with E-state index in [4.69, 9.17) is 5.11 Å². The first-order valence-electron chi connectivity index (χ1n) is 5.06. The van der Waals surface area contributed by atoms with Gasteiger partial charge < -0.3 is 27.3 Å². The summed E-state index contributed by atoms with van der Waals surface area (Å²) in [6.07, 6.45) is 0.589. The van der Waals surface area contributed by atoms with Crippen molar-refractivity contribution in [2.75, 3.05) is 40.8 Å². The second-order valence-corrected chi connectivity index (χ2v) is 4.65. The summed E-state index contributed by atoms with van der Waals surface area (Å²) >= 11 is 0. The zero-order chi connectivity index (χ0) is 11.9. The molecule has 0 aromatic rings. The van der Waals surface area contributed by atoms with Gasteiger partial charge in [0.05, 0.1) is 34.2 Å². The Morgan fingerprint density at radius 1 is 1.25 bits per heavy atom. The number of nitrogens with one attached hydrogen (secondary N) is 1. The molecule has 0 aliphatic rings. The third-order valence-corrected chi connectivity index (χ3v) is 1.85. The van der Waals surface area contributed by atoms with Crippen LogP contribution in [0.1, 0.15) is 12.8 Å². The highest BCUT2D eigenvalue weighted by Crippen LogP contribution is 1.91. The molecule has 5 nitrogen and oxygen atoms in total. The summed E-state index contributed by atoms with van der Waals surface area (Å²) in [6, 6.07) is 0. The van der Waals surface area contributed by atoms with Crippen LogP contribution in [0.2, 0.25) is 0 Å². The molecule has 0 spiro atoms. The molecule has 0 rings (SSSR count). The summed E-state index contributed by atoms with van der Waals surface area (Å²) in [7, 11) is 6.32. The van der Waals surface area contributed by atoms with Crippen molar-refractivity contribution in [2.45, 2.75) is 12.8 Å². The minimum Gasteiger partial charge on any atom is -1.00 e. The van der Waals surface area contributed by atoms with E-state index < -0.39 is 5.97 Å². The second-order valence-electron chi connectivity index (χ2n) is 4.65. The van der Waals surface area contributed by atoms with E-state index >= 15 is 0 Å². The van der Waals surface area contributed by atoms with Crippen molar-refractivity contribution in [1.82, 2.24) is 5.32 Å². The van der Waals surface area contributed by atoms with Crippen molar-refractivity contribution in [1.29, 1.82) is 0 Å². The molecule has 0 fully saturated rings. The first kappa shape index (κ1) is 17.7. The Hall–Kier alpha value is -0.650. The van der Waals surface area contributed by atoms with Crippen molar-refractivity contribution in [3.63, 3.8) is 0 Å². The molecule has 0 bridgehead atoms. The van der Waals surface area contributed by atoms with Crippen LogP contribution in [0.3, 0.4) is 0 Å². The van der Waals surface area contributed by atoms with Crippen LogP contribution < -0.4 is 17.7 Å². The summed E-state index contributed by atoms with van der Waals surface area (Å²) in [6.45, 7) is 1.93. The molecule has 0 amide bonds. The van der Waals surface area contributed by atoms with Gasteiger partial charge in [0.2, 0.25) is 0 Å². The molecule has 0 unspecified atom stereocenters. The number of aliphatic carboxylic acids is 1. The van der Waals surface area contributed by atoms with E-state index in [1.807, 2.05) is 0 Å². The predicted molar refractivity (Wildman–Crippen MR) is 57.6 cm³/mol. The van der Waals surface area contributed by atoms with Gasteiger partial charge in [-0.1, -0.05) is 0 Å². The summed E-state index contributed by atoms with van der Waals surface area (Å²) in [5.74, 6) is -1.33. The van der Waals surface area contributed by atoms with Gasteiger partial charge in [0.1, 0.15) is 6.42 Å². The molecule has 96 valence electrons. The van der Waals surface area contributed by atoms with Gasteiger partial charge in [0.25, 0.3) is 0 Å². The lowest BCUT2D eigenvalue weighted by Gasteiger charge is -2.23. The number of carboxylic acids is 1. The Labute approximate surface area is 103 Å². The molecule has 0 radical (unpaired) electrons. The zero-order valence-electron chi connectivity index (χ0n) is 10.1. The maximum atomic E-state index is 11.0. The fourth-order valence-corrected chi connectivity index (χ4v) is 1.14. The number of ketones is 1. The second kappa shape index (κ2) is 8.50. The van der Waals surface area contributed by atoms with Gasteiger partial charge in [-0.2, -0.15) is 0 Å². The van der Waals surface area contributed by atoms with Crippen LogP contribution in [-0.4, -0.2) is 62.1 Å². The molecule has 0 aromatic heterocycles. The quantitative estimate of drug-likeness (QED) is 0.270. The van der Waals surface area contributed by atoms with Crippen LogP contribution in [0, 0.1) is 0 Å². The number of carbonyl (C=O) groups excluding carboxylic acids is 1. The Morgan fingerprint density at radius 2 is 1.81 bits per heavy atom. The molecule has 6 heteroatoms.